The summed E-state index contributed by atoms with van der Waals surface area (Å²) in [5.74, 6) is 0.738. The zero-order chi connectivity index (χ0) is 25.7. The third-order valence-electron chi connectivity index (χ3n) is 6.50. The number of ether oxygens (including phenoxy) is 2. The van der Waals surface area contributed by atoms with Crippen molar-refractivity contribution in [2.75, 3.05) is 18.9 Å². The molecule has 3 aromatic rings. The number of hydrogen-bond acceptors (Lipinski definition) is 5. The highest BCUT2D eigenvalue weighted by atomic mass is 16.5. The van der Waals surface area contributed by atoms with Crippen LogP contribution in [0.5, 0.6) is 11.5 Å². The van der Waals surface area contributed by atoms with Crippen molar-refractivity contribution >= 4 is 17.6 Å². The predicted octanol–water partition coefficient (Wildman–Crippen LogP) is 5.18. The molecule has 7 heteroatoms. The summed E-state index contributed by atoms with van der Waals surface area (Å²) in [7, 11) is 1.61. The summed E-state index contributed by atoms with van der Waals surface area (Å²) in [5.41, 5.74) is 3.65. The molecule has 3 aromatic carbocycles. The van der Waals surface area contributed by atoms with Gasteiger partial charge in [-0.2, -0.15) is 0 Å². The Bertz CT molecular complexity index is 1200. The first-order chi connectivity index (χ1) is 17.3. The van der Waals surface area contributed by atoms with Crippen molar-refractivity contribution < 1.29 is 24.2 Å². The Morgan fingerprint density at radius 1 is 1.08 bits per heavy atom. The maximum Gasteiger partial charge on any atom is 0.305 e. The van der Waals surface area contributed by atoms with Crippen LogP contribution in [0.3, 0.4) is 0 Å². The smallest absolute Gasteiger partial charge is 0.305 e. The van der Waals surface area contributed by atoms with Gasteiger partial charge in [-0.25, -0.2) is 0 Å². The van der Waals surface area contributed by atoms with E-state index in [-0.39, 0.29) is 36.9 Å². The van der Waals surface area contributed by atoms with Gasteiger partial charge in [-0.3, -0.25) is 9.59 Å². The van der Waals surface area contributed by atoms with E-state index < -0.39 is 5.97 Å². The highest BCUT2D eigenvalue weighted by molar-refractivity contribution is 5.94. The van der Waals surface area contributed by atoms with E-state index in [4.69, 9.17) is 14.6 Å². The van der Waals surface area contributed by atoms with Gasteiger partial charge in [-0.1, -0.05) is 37.3 Å². The van der Waals surface area contributed by atoms with Gasteiger partial charge in [0.05, 0.1) is 12.5 Å². The van der Waals surface area contributed by atoms with Crippen LogP contribution in [-0.4, -0.2) is 47.6 Å². The molecular formula is C29H32N2O5. The number of fused-ring (bicyclic) bond motifs is 1. The molecule has 3 unspecified atom stereocenters. The average Bonchev–Trinajstić information content (AvgIpc) is 3.22. The summed E-state index contributed by atoms with van der Waals surface area (Å²) in [5, 5.41) is 12.3. The first-order valence-corrected chi connectivity index (χ1v) is 12.1. The molecule has 1 aliphatic rings. The molecule has 0 radical (unpaired) electrons. The summed E-state index contributed by atoms with van der Waals surface area (Å²) in [6.45, 7) is 4.93. The highest BCUT2D eigenvalue weighted by Gasteiger charge is 2.35. The molecule has 188 valence electrons. The maximum atomic E-state index is 12.5. The van der Waals surface area contributed by atoms with Crippen LogP contribution in [-0.2, 0) is 11.4 Å². The maximum absolute atomic E-state index is 12.5. The lowest BCUT2D eigenvalue weighted by Gasteiger charge is -2.25. The number of rotatable bonds is 10. The number of aliphatic carboxylic acids is 1. The predicted molar refractivity (Wildman–Crippen MR) is 139 cm³/mol. The lowest BCUT2D eigenvalue weighted by atomic mass is 9.93. The van der Waals surface area contributed by atoms with Gasteiger partial charge in [0.15, 0.2) is 0 Å². The Morgan fingerprint density at radius 3 is 2.50 bits per heavy atom. The van der Waals surface area contributed by atoms with Crippen LogP contribution >= 0.6 is 0 Å². The third kappa shape index (κ3) is 5.97. The summed E-state index contributed by atoms with van der Waals surface area (Å²) >= 11 is 0. The van der Waals surface area contributed by atoms with E-state index in [0.29, 0.717) is 12.2 Å². The molecule has 1 heterocycles. The Balaban J connectivity index is 1.34. The van der Waals surface area contributed by atoms with Crippen molar-refractivity contribution in [3.05, 3.63) is 89.5 Å². The molecular weight excluding hydrogens is 456 g/mol. The van der Waals surface area contributed by atoms with Crippen LogP contribution in [0.1, 0.15) is 47.7 Å². The van der Waals surface area contributed by atoms with E-state index in [0.717, 1.165) is 28.3 Å². The van der Waals surface area contributed by atoms with Crippen LogP contribution in [0.15, 0.2) is 72.8 Å². The topological polar surface area (TPSA) is 88.1 Å². The summed E-state index contributed by atoms with van der Waals surface area (Å²) < 4.78 is 12.3. The van der Waals surface area contributed by atoms with Gasteiger partial charge in [0.1, 0.15) is 24.2 Å². The molecule has 0 bridgehead atoms. The van der Waals surface area contributed by atoms with E-state index in [1.807, 2.05) is 54.6 Å². The van der Waals surface area contributed by atoms with Crippen LogP contribution in [0.25, 0.3) is 0 Å². The number of hydrogen-bond donors (Lipinski definition) is 2. The van der Waals surface area contributed by atoms with Crippen molar-refractivity contribution in [2.24, 2.45) is 0 Å². The molecule has 0 saturated heterocycles. The van der Waals surface area contributed by atoms with Crippen molar-refractivity contribution in [3.63, 3.8) is 0 Å². The van der Waals surface area contributed by atoms with E-state index in [1.165, 1.54) is 4.90 Å². The normalized spacial score (nSPS) is 17.0. The largest absolute Gasteiger partial charge is 0.489 e. The van der Waals surface area contributed by atoms with Gasteiger partial charge < -0.3 is 24.8 Å². The molecule has 4 rings (SSSR count). The molecule has 2 N–H and O–H groups in total. The average molecular weight is 489 g/mol. The molecule has 0 spiro atoms. The number of carboxylic acids is 1. The first-order valence-electron chi connectivity index (χ1n) is 12.1. The van der Waals surface area contributed by atoms with Crippen molar-refractivity contribution in [1.29, 1.82) is 0 Å². The number of amides is 1. The summed E-state index contributed by atoms with van der Waals surface area (Å²) in [6.07, 6.45) is -0.144. The van der Waals surface area contributed by atoms with Crippen molar-refractivity contribution in [3.8, 4) is 11.5 Å². The number of nitrogens with zero attached hydrogens (tertiary/aromatic N) is 1. The number of anilines is 1. The lowest BCUT2D eigenvalue weighted by molar-refractivity contribution is -0.137. The summed E-state index contributed by atoms with van der Waals surface area (Å²) in [6, 6.07) is 23.3. The Morgan fingerprint density at radius 2 is 1.81 bits per heavy atom. The molecule has 0 fully saturated rings. The van der Waals surface area contributed by atoms with Crippen LogP contribution in [0.4, 0.5) is 5.69 Å². The zero-order valence-electron chi connectivity index (χ0n) is 20.8. The number of carbonyl (C=O) groups is 2. The fraction of sp³-hybridized carbons (Fsp3) is 0.310. The molecule has 0 saturated carbocycles. The van der Waals surface area contributed by atoms with Gasteiger partial charge in [-0.15, -0.1) is 0 Å². The molecule has 36 heavy (non-hydrogen) atoms. The molecule has 0 aliphatic carbocycles. The van der Waals surface area contributed by atoms with Crippen molar-refractivity contribution in [1.82, 2.24) is 4.90 Å². The van der Waals surface area contributed by atoms with Gasteiger partial charge in [0.25, 0.3) is 5.91 Å². The summed E-state index contributed by atoms with van der Waals surface area (Å²) in [4.78, 5) is 24.7. The second-order valence-electron chi connectivity index (χ2n) is 9.23. The van der Waals surface area contributed by atoms with Gasteiger partial charge in [0, 0.05) is 36.3 Å². The van der Waals surface area contributed by atoms with E-state index in [2.05, 4.69) is 25.2 Å². The fourth-order valence-electron chi connectivity index (χ4n) is 4.42. The van der Waals surface area contributed by atoms with Crippen LogP contribution in [0.2, 0.25) is 0 Å². The SMILES string of the molecule is CC(Nc1ccc(C(=O)N(C)CCC(=O)O)cc1)C1Oc2ccc(OCc3ccccc3)cc2C1C. The Labute approximate surface area is 211 Å². The Hall–Kier alpha value is -4.00. The molecule has 0 aromatic heterocycles. The molecule has 1 aliphatic heterocycles. The lowest BCUT2D eigenvalue weighted by Crippen LogP contribution is -2.36. The zero-order valence-corrected chi connectivity index (χ0v) is 20.8. The fourth-order valence-corrected chi connectivity index (χ4v) is 4.42. The van der Waals surface area contributed by atoms with E-state index in [1.54, 1.807) is 19.2 Å². The van der Waals surface area contributed by atoms with E-state index >= 15 is 0 Å². The van der Waals surface area contributed by atoms with Crippen molar-refractivity contribution in [2.45, 2.75) is 44.9 Å². The monoisotopic (exact) mass is 488 g/mol. The quantitative estimate of drug-likeness (QED) is 0.409. The van der Waals surface area contributed by atoms with Gasteiger partial charge in [0.2, 0.25) is 0 Å². The Kier molecular flexibility index (Phi) is 7.78. The molecule has 3 atom stereocenters. The van der Waals surface area contributed by atoms with Crippen LogP contribution in [0, 0.1) is 0 Å². The third-order valence-corrected chi connectivity index (χ3v) is 6.50. The minimum atomic E-state index is -0.926. The van der Waals surface area contributed by atoms with Gasteiger partial charge >= 0.3 is 5.97 Å². The number of benzene rings is 3. The second kappa shape index (κ2) is 11.2. The number of carbonyl (C=O) groups excluding carboxylic acids is 1. The molecule has 1 amide bonds. The molecule has 7 nitrogen and oxygen atoms in total. The highest BCUT2D eigenvalue weighted by Crippen LogP contribution is 2.41. The van der Waals surface area contributed by atoms with E-state index in [9.17, 15) is 9.59 Å². The number of carboxylic acid groups (broad SMARTS) is 1. The van der Waals surface area contributed by atoms with Crippen LogP contribution < -0.4 is 14.8 Å². The first kappa shape index (κ1) is 25.1. The second-order valence-corrected chi connectivity index (χ2v) is 9.23. The standard InChI is InChI=1S/C29H32N2O5/c1-19-25-17-24(35-18-21-7-5-4-6-8-21)13-14-26(25)36-28(19)20(2)30-23-11-9-22(10-12-23)29(34)31(3)16-15-27(32)33/h4-14,17,19-20,28,30H,15-16,18H2,1-3H3,(H,32,33). The minimum Gasteiger partial charge on any atom is -0.489 e. The van der Waals surface area contributed by atoms with Gasteiger partial charge in [-0.05, 0) is 55.0 Å². The number of nitrogens with one attached hydrogen (secondary N) is 1. The minimum absolute atomic E-state index is 0.0147.